The highest BCUT2D eigenvalue weighted by atomic mass is 16.5. The van der Waals surface area contributed by atoms with E-state index in [4.69, 9.17) is 9.84 Å². The van der Waals surface area contributed by atoms with Crippen LogP contribution in [0.25, 0.3) is 0 Å². The molecule has 3 N–H and O–H groups in total. The van der Waals surface area contributed by atoms with E-state index in [1.165, 1.54) is 0 Å². The summed E-state index contributed by atoms with van der Waals surface area (Å²) in [5, 5.41) is 15.8. The van der Waals surface area contributed by atoms with Crippen LogP contribution in [0.5, 0.6) is 0 Å². The Morgan fingerprint density at radius 2 is 2.33 bits per heavy atom. The Hall–Kier alpha value is -0.160. The summed E-state index contributed by atoms with van der Waals surface area (Å²) in [4.78, 5) is 0. The maximum Gasteiger partial charge on any atom is 0.0620 e. The molecule has 0 aliphatic carbocycles. The fourth-order valence-corrected chi connectivity index (χ4v) is 1.75. The Kier molecular flexibility index (Phi) is 6.17. The predicted octanol–water partition coefficient (Wildman–Crippen LogP) is -0.0286. The van der Waals surface area contributed by atoms with Crippen LogP contribution >= 0.6 is 0 Å². The second-order valence-corrected chi connectivity index (χ2v) is 4.56. The van der Waals surface area contributed by atoms with E-state index in [0.29, 0.717) is 18.0 Å². The summed E-state index contributed by atoms with van der Waals surface area (Å²) >= 11 is 0. The number of nitrogens with one attached hydrogen (secondary N) is 2. The third kappa shape index (κ3) is 5.47. The minimum atomic E-state index is 0.254. The molecular weight excluding hydrogens is 192 g/mol. The van der Waals surface area contributed by atoms with Crippen molar-refractivity contribution in [2.24, 2.45) is 5.92 Å². The van der Waals surface area contributed by atoms with Crippen LogP contribution in [-0.4, -0.2) is 50.1 Å². The van der Waals surface area contributed by atoms with Crippen molar-refractivity contribution in [2.45, 2.75) is 32.4 Å². The first kappa shape index (κ1) is 12.9. The molecule has 0 spiro atoms. The van der Waals surface area contributed by atoms with Crippen LogP contribution in [0.3, 0.4) is 0 Å². The average molecular weight is 216 g/mol. The molecule has 1 saturated heterocycles. The molecule has 0 saturated carbocycles. The van der Waals surface area contributed by atoms with E-state index in [1.54, 1.807) is 0 Å². The van der Waals surface area contributed by atoms with Crippen LogP contribution in [-0.2, 0) is 4.74 Å². The molecule has 0 aromatic carbocycles. The van der Waals surface area contributed by atoms with Crippen molar-refractivity contribution in [3.8, 4) is 0 Å². The minimum absolute atomic E-state index is 0.254. The Bertz CT molecular complexity index is 161. The molecule has 4 nitrogen and oxygen atoms in total. The van der Waals surface area contributed by atoms with Crippen molar-refractivity contribution in [1.82, 2.24) is 10.6 Å². The second kappa shape index (κ2) is 7.17. The van der Waals surface area contributed by atoms with E-state index < -0.39 is 0 Å². The summed E-state index contributed by atoms with van der Waals surface area (Å²) in [6.07, 6.45) is 1.08. The lowest BCUT2D eigenvalue weighted by Gasteiger charge is -2.27. The van der Waals surface area contributed by atoms with Gasteiger partial charge in [-0.3, -0.25) is 0 Å². The van der Waals surface area contributed by atoms with Gasteiger partial charge in [-0.15, -0.1) is 0 Å². The quantitative estimate of drug-likeness (QED) is 0.584. The van der Waals surface area contributed by atoms with E-state index in [1.807, 2.05) is 6.92 Å². The summed E-state index contributed by atoms with van der Waals surface area (Å²) in [5.74, 6) is 0.336. The first-order chi connectivity index (χ1) is 7.22. The lowest BCUT2D eigenvalue weighted by molar-refractivity contribution is 0.0709. The molecule has 1 fully saturated rings. The molecule has 1 aliphatic rings. The fraction of sp³-hybridized carbons (Fsp3) is 1.00. The smallest absolute Gasteiger partial charge is 0.0620 e. The van der Waals surface area contributed by atoms with E-state index in [0.717, 1.165) is 32.7 Å². The zero-order valence-electron chi connectivity index (χ0n) is 9.83. The first-order valence-corrected chi connectivity index (χ1v) is 5.87. The summed E-state index contributed by atoms with van der Waals surface area (Å²) in [6, 6.07) is 0.948. The van der Waals surface area contributed by atoms with Crippen molar-refractivity contribution in [3.63, 3.8) is 0 Å². The zero-order valence-corrected chi connectivity index (χ0v) is 9.83. The van der Waals surface area contributed by atoms with Gasteiger partial charge in [0, 0.05) is 31.8 Å². The molecule has 1 rings (SSSR count). The van der Waals surface area contributed by atoms with E-state index >= 15 is 0 Å². The summed E-state index contributed by atoms with van der Waals surface area (Å²) < 4.78 is 5.40. The lowest BCUT2D eigenvalue weighted by atomic mass is 10.1. The predicted molar refractivity (Wildman–Crippen MR) is 60.9 cm³/mol. The highest BCUT2D eigenvalue weighted by Crippen LogP contribution is 2.03. The normalized spacial score (nSPS) is 26.2. The number of hydrogen-bond acceptors (Lipinski definition) is 4. The molecule has 1 heterocycles. The minimum Gasteiger partial charge on any atom is -0.396 e. The maximum atomic E-state index is 8.90. The molecule has 90 valence electrons. The molecule has 0 amide bonds. The van der Waals surface area contributed by atoms with Gasteiger partial charge in [0.05, 0.1) is 13.2 Å². The largest absolute Gasteiger partial charge is 0.396 e. The SMILES string of the molecule is CC(CO)CNC(C)CC1COCCN1. The van der Waals surface area contributed by atoms with Gasteiger partial charge in [-0.2, -0.15) is 0 Å². The van der Waals surface area contributed by atoms with Crippen LogP contribution in [0, 0.1) is 5.92 Å². The van der Waals surface area contributed by atoms with Crippen molar-refractivity contribution < 1.29 is 9.84 Å². The molecule has 0 aromatic heterocycles. The van der Waals surface area contributed by atoms with Crippen molar-refractivity contribution in [1.29, 1.82) is 0 Å². The number of aliphatic hydroxyl groups is 1. The summed E-state index contributed by atoms with van der Waals surface area (Å²) in [5.41, 5.74) is 0. The summed E-state index contributed by atoms with van der Waals surface area (Å²) in [6.45, 7) is 7.98. The molecule has 1 aliphatic heterocycles. The van der Waals surface area contributed by atoms with Crippen molar-refractivity contribution in [2.75, 3.05) is 32.9 Å². The van der Waals surface area contributed by atoms with Crippen LogP contribution in [0.15, 0.2) is 0 Å². The summed E-state index contributed by atoms with van der Waals surface area (Å²) in [7, 11) is 0. The third-order valence-corrected chi connectivity index (χ3v) is 2.76. The van der Waals surface area contributed by atoms with Gasteiger partial charge in [-0.05, 0) is 19.3 Å². The van der Waals surface area contributed by atoms with E-state index in [2.05, 4.69) is 17.6 Å². The number of morpholine rings is 1. The number of ether oxygens (including phenoxy) is 1. The molecule has 0 bridgehead atoms. The lowest BCUT2D eigenvalue weighted by Crippen LogP contribution is -2.45. The van der Waals surface area contributed by atoms with E-state index in [-0.39, 0.29) is 6.61 Å². The topological polar surface area (TPSA) is 53.5 Å². The average Bonchev–Trinajstić information content (AvgIpc) is 2.27. The van der Waals surface area contributed by atoms with Crippen LogP contribution in [0.4, 0.5) is 0 Å². The fourth-order valence-electron chi connectivity index (χ4n) is 1.75. The molecule has 3 unspecified atom stereocenters. The zero-order chi connectivity index (χ0) is 11.1. The van der Waals surface area contributed by atoms with Crippen LogP contribution < -0.4 is 10.6 Å². The van der Waals surface area contributed by atoms with Gasteiger partial charge in [0.1, 0.15) is 0 Å². The molecule has 3 atom stereocenters. The Morgan fingerprint density at radius 1 is 1.53 bits per heavy atom. The highest BCUT2D eigenvalue weighted by Gasteiger charge is 2.16. The Morgan fingerprint density at radius 3 is 2.93 bits per heavy atom. The van der Waals surface area contributed by atoms with Gasteiger partial charge >= 0.3 is 0 Å². The highest BCUT2D eigenvalue weighted by molar-refractivity contribution is 4.76. The van der Waals surface area contributed by atoms with Crippen molar-refractivity contribution >= 4 is 0 Å². The number of rotatable bonds is 6. The monoisotopic (exact) mass is 216 g/mol. The van der Waals surface area contributed by atoms with Gasteiger partial charge in [-0.25, -0.2) is 0 Å². The molecule has 0 aromatic rings. The van der Waals surface area contributed by atoms with Crippen molar-refractivity contribution in [3.05, 3.63) is 0 Å². The number of aliphatic hydroxyl groups excluding tert-OH is 1. The van der Waals surface area contributed by atoms with Gasteiger partial charge in [0.25, 0.3) is 0 Å². The van der Waals surface area contributed by atoms with Gasteiger partial charge in [-0.1, -0.05) is 6.92 Å². The standard InChI is InChI=1S/C11H24N2O2/c1-9(7-14)6-13-10(2)5-11-8-15-4-3-12-11/h9-14H,3-8H2,1-2H3. The van der Waals surface area contributed by atoms with Gasteiger partial charge < -0.3 is 20.5 Å². The number of hydrogen-bond donors (Lipinski definition) is 3. The first-order valence-electron chi connectivity index (χ1n) is 5.87. The van der Waals surface area contributed by atoms with Crippen LogP contribution in [0.1, 0.15) is 20.3 Å². The third-order valence-electron chi connectivity index (χ3n) is 2.76. The van der Waals surface area contributed by atoms with Gasteiger partial charge in [0.15, 0.2) is 0 Å². The molecular formula is C11H24N2O2. The molecule has 4 heteroatoms. The Labute approximate surface area is 92.4 Å². The maximum absolute atomic E-state index is 8.90. The van der Waals surface area contributed by atoms with Gasteiger partial charge in [0.2, 0.25) is 0 Å². The second-order valence-electron chi connectivity index (χ2n) is 4.56. The Balaban J connectivity index is 2.08. The van der Waals surface area contributed by atoms with Crippen LogP contribution in [0.2, 0.25) is 0 Å². The molecule has 0 radical (unpaired) electrons. The molecule has 15 heavy (non-hydrogen) atoms. The van der Waals surface area contributed by atoms with E-state index in [9.17, 15) is 0 Å².